The van der Waals surface area contributed by atoms with Crippen LogP contribution < -0.4 is 0 Å². The Hall–Kier alpha value is -1.51. The highest BCUT2D eigenvalue weighted by Gasteiger charge is 2.82. The molecule has 2 saturated carbocycles. The van der Waals surface area contributed by atoms with Crippen molar-refractivity contribution in [3.8, 4) is 0 Å². The van der Waals surface area contributed by atoms with E-state index in [2.05, 4.69) is 6.92 Å². The zero-order chi connectivity index (χ0) is 21.7. The number of esters is 2. The normalized spacial score (nSPS) is 54.5. The summed E-state index contributed by atoms with van der Waals surface area (Å²) in [6.45, 7) is 7.06. The molecule has 0 amide bonds. The summed E-state index contributed by atoms with van der Waals surface area (Å²) in [5.74, 6) is -1.70. The molecule has 3 aliphatic heterocycles. The standard InChI is InChI=1S/C22H30O8/c1-12(23)29-20(4)16(25)14-15-18(2,17(26)28-14)6-5-7-19(15,3)22(20)9-8-21(30-22)10-13(24)27-11-21/h13-15,24H,5-11H2,1-4H3/t13-,14+,15+,18+,19+,20+,21+,22+/m1/s1. The molecule has 8 atom stereocenters. The van der Waals surface area contributed by atoms with Crippen LogP contribution in [0.15, 0.2) is 0 Å². The molecule has 0 aromatic rings. The Kier molecular flexibility index (Phi) is 3.97. The SMILES string of the molecule is CC(=O)O[C@@]1(C)C(=O)[C@H]2OC(=O)[C@@]3(C)CCC[C@@](C)([C@@H]23)[C@@]12CC[C@]1(CO[C@@H](O)C1)O2. The largest absolute Gasteiger partial charge is 0.453 e. The van der Waals surface area contributed by atoms with E-state index in [9.17, 15) is 19.5 Å². The molecule has 5 fully saturated rings. The number of ketones is 1. The highest BCUT2D eigenvalue weighted by molar-refractivity contribution is 6.00. The molecule has 30 heavy (non-hydrogen) atoms. The van der Waals surface area contributed by atoms with Crippen LogP contribution in [0.2, 0.25) is 0 Å². The molecule has 8 heteroatoms. The first-order chi connectivity index (χ1) is 13.9. The second-order valence-corrected chi connectivity index (χ2v) is 10.6. The zero-order valence-electron chi connectivity index (χ0n) is 18.0. The molecular weight excluding hydrogens is 392 g/mol. The van der Waals surface area contributed by atoms with E-state index in [0.29, 0.717) is 25.7 Å². The lowest BCUT2D eigenvalue weighted by Gasteiger charge is -2.64. The summed E-state index contributed by atoms with van der Waals surface area (Å²) in [5.41, 5.74) is -4.88. The average Bonchev–Trinajstić information content (AvgIpc) is 3.29. The van der Waals surface area contributed by atoms with Gasteiger partial charge in [-0.2, -0.15) is 0 Å². The molecule has 3 heterocycles. The lowest BCUT2D eigenvalue weighted by molar-refractivity contribution is -0.288. The number of rotatable bonds is 1. The minimum atomic E-state index is -1.60. The predicted octanol–water partition coefficient (Wildman–Crippen LogP) is 1.66. The average molecular weight is 422 g/mol. The van der Waals surface area contributed by atoms with Crippen molar-refractivity contribution in [1.82, 2.24) is 0 Å². The number of carbonyl (C=O) groups excluding carboxylic acids is 3. The van der Waals surface area contributed by atoms with Crippen molar-refractivity contribution < 1.29 is 38.4 Å². The molecule has 0 radical (unpaired) electrons. The number of aliphatic hydroxyl groups is 1. The Labute approximate surface area is 175 Å². The van der Waals surface area contributed by atoms with Gasteiger partial charge in [0.2, 0.25) is 5.78 Å². The zero-order valence-corrected chi connectivity index (χ0v) is 18.0. The number of hydrogen-bond donors (Lipinski definition) is 1. The van der Waals surface area contributed by atoms with Gasteiger partial charge in [-0.3, -0.25) is 14.4 Å². The van der Waals surface area contributed by atoms with Crippen LogP contribution in [0, 0.1) is 16.7 Å². The molecule has 5 rings (SSSR count). The van der Waals surface area contributed by atoms with E-state index in [0.717, 1.165) is 12.8 Å². The van der Waals surface area contributed by atoms with Gasteiger partial charge in [-0.25, -0.2) is 0 Å². The van der Waals surface area contributed by atoms with Gasteiger partial charge in [0.15, 0.2) is 18.0 Å². The van der Waals surface area contributed by atoms with E-state index < -0.39 is 51.8 Å². The number of hydrogen-bond acceptors (Lipinski definition) is 8. The van der Waals surface area contributed by atoms with E-state index in [-0.39, 0.29) is 18.5 Å². The van der Waals surface area contributed by atoms with Crippen molar-refractivity contribution in [3.63, 3.8) is 0 Å². The monoisotopic (exact) mass is 422 g/mol. The van der Waals surface area contributed by atoms with E-state index >= 15 is 0 Å². The molecule has 3 saturated heterocycles. The van der Waals surface area contributed by atoms with Crippen molar-refractivity contribution in [2.45, 2.75) is 95.4 Å². The molecule has 2 spiro atoms. The number of carbonyl (C=O) groups is 3. The first-order valence-electron chi connectivity index (χ1n) is 10.9. The molecule has 0 unspecified atom stereocenters. The fraction of sp³-hybridized carbons (Fsp3) is 0.864. The lowest BCUT2D eigenvalue weighted by atomic mass is 9.42. The highest BCUT2D eigenvalue weighted by Crippen LogP contribution is 2.71. The maximum absolute atomic E-state index is 13.8. The molecule has 1 N–H and O–H groups in total. The molecule has 5 aliphatic rings. The smallest absolute Gasteiger partial charge is 0.312 e. The summed E-state index contributed by atoms with van der Waals surface area (Å²) < 4.78 is 23.7. The van der Waals surface area contributed by atoms with Crippen molar-refractivity contribution in [2.24, 2.45) is 16.7 Å². The van der Waals surface area contributed by atoms with E-state index in [1.807, 2.05) is 6.92 Å². The number of Topliss-reactive ketones (excluding diaryl/α,β-unsaturated/α-hetero) is 1. The van der Waals surface area contributed by atoms with Gasteiger partial charge >= 0.3 is 11.9 Å². The van der Waals surface area contributed by atoms with Gasteiger partial charge in [-0.15, -0.1) is 0 Å². The molecule has 2 aliphatic carbocycles. The third kappa shape index (κ3) is 2.15. The van der Waals surface area contributed by atoms with Crippen molar-refractivity contribution in [1.29, 1.82) is 0 Å². The van der Waals surface area contributed by atoms with Crippen LogP contribution in [0.5, 0.6) is 0 Å². The van der Waals surface area contributed by atoms with Crippen LogP contribution in [0.3, 0.4) is 0 Å². The first kappa shape index (κ1) is 20.4. The van der Waals surface area contributed by atoms with Crippen LogP contribution in [0.1, 0.15) is 66.2 Å². The molecular formula is C22H30O8. The van der Waals surface area contributed by atoms with Gasteiger partial charge in [-0.05, 0) is 39.5 Å². The summed E-state index contributed by atoms with van der Waals surface area (Å²) in [6.07, 6.45) is 1.65. The van der Waals surface area contributed by atoms with Crippen molar-refractivity contribution in [3.05, 3.63) is 0 Å². The number of aliphatic hydroxyl groups excluding tert-OH is 1. The maximum Gasteiger partial charge on any atom is 0.312 e. The third-order valence-electron chi connectivity index (χ3n) is 8.95. The summed E-state index contributed by atoms with van der Waals surface area (Å²) >= 11 is 0. The second-order valence-electron chi connectivity index (χ2n) is 10.6. The molecule has 8 nitrogen and oxygen atoms in total. The quantitative estimate of drug-likeness (QED) is 0.636. The minimum absolute atomic E-state index is 0.219. The molecule has 0 aromatic heterocycles. The Morgan fingerprint density at radius 2 is 1.87 bits per heavy atom. The van der Waals surface area contributed by atoms with E-state index in [1.165, 1.54) is 6.92 Å². The fourth-order valence-electron chi connectivity index (χ4n) is 7.69. The van der Waals surface area contributed by atoms with Gasteiger partial charge in [0, 0.05) is 24.7 Å². The Morgan fingerprint density at radius 3 is 2.50 bits per heavy atom. The lowest BCUT2D eigenvalue weighted by Crippen LogP contribution is -2.77. The summed E-state index contributed by atoms with van der Waals surface area (Å²) in [4.78, 5) is 38.9. The van der Waals surface area contributed by atoms with Gasteiger partial charge in [0.05, 0.1) is 17.6 Å². The maximum atomic E-state index is 13.8. The summed E-state index contributed by atoms with van der Waals surface area (Å²) in [7, 11) is 0. The molecule has 0 bridgehead atoms. The molecule has 0 aromatic carbocycles. The number of fused-ring (bicyclic) bond motifs is 1. The summed E-state index contributed by atoms with van der Waals surface area (Å²) in [6, 6.07) is 0. The third-order valence-corrected chi connectivity index (χ3v) is 8.95. The predicted molar refractivity (Wildman–Crippen MR) is 101 cm³/mol. The minimum Gasteiger partial charge on any atom is -0.453 e. The van der Waals surface area contributed by atoms with Crippen molar-refractivity contribution in [2.75, 3.05) is 6.61 Å². The molecule has 166 valence electrons. The van der Waals surface area contributed by atoms with Crippen LogP contribution in [-0.2, 0) is 33.3 Å². The first-order valence-corrected chi connectivity index (χ1v) is 10.9. The van der Waals surface area contributed by atoms with Gasteiger partial charge in [0.25, 0.3) is 0 Å². The second kappa shape index (κ2) is 5.84. The van der Waals surface area contributed by atoms with Gasteiger partial charge in [0.1, 0.15) is 5.60 Å². The Balaban J connectivity index is 1.71. The Bertz CT molecular complexity index is 841. The fourth-order valence-corrected chi connectivity index (χ4v) is 7.69. The highest BCUT2D eigenvalue weighted by atomic mass is 16.7. The van der Waals surface area contributed by atoms with Gasteiger partial charge in [-0.1, -0.05) is 13.3 Å². The Morgan fingerprint density at radius 1 is 1.13 bits per heavy atom. The van der Waals surface area contributed by atoms with E-state index in [1.54, 1.807) is 6.92 Å². The number of ether oxygens (including phenoxy) is 4. The van der Waals surface area contributed by atoms with Crippen LogP contribution >= 0.6 is 0 Å². The van der Waals surface area contributed by atoms with Crippen molar-refractivity contribution >= 4 is 17.7 Å². The van der Waals surface area contributed by atoms with Crippen LogP contribution in [0.4, 0.5) is 0 Å². The van der Waals surface area contributed by atoms with E-state index in [4.69, 9.17) is 18.9 Å². The summed E-state index contributed by atoms with van der Waals surface area (Å²) in [5, 5.41) is 10.0. The van der Waals surface area contributed by atoms with Crippen LogP contribution in [-0.4, -0.2) is 58.6 Å². The topological polar surface area (TPSA) is 108 Å². The van der Waals surface area contributed by atoms with Crippen LogP contribution in [0.25, 0.3) is 0 Å². The van der Waals surface area contributed by atoms with Gasteiger partial charge < -0.3 is 24.1 Å².